The Labute approximate surface area is 105 Å². The smallest absolute Gasteiger partial charge is 0.139 e. The Morgan fingerprint density at radius 1 is 1.44 bits per heavy atom. The van der Waals surface area contributed by atoms with E-state index in [1.807, 2.05) is 6.92 Å². The first-order valence-electron chi connectivity index (χ1n) is 5.62. The van der Waals surface area contributed by atoms with Crippen molar-refractivity contribution in [1.82, 2.24) is 0 Å². The zero-order valence-corrected chi connectivity index (χ0v) is 11.3. The van der Waals surface area contributed by atoms with E-state index in [0.29, 0.717) is 12.2 Å². The number of hydrogen-bond acceptors (Lipinski definition) is 2. The number of aryl methyl sites for hydroxylation is 1. The van der Waals surface area contributed by atoms with Crippen LogP contribution in [0.5, 0.6) is 0 Å². The summed E-state index contributed by atoms with van der Waals surface area (Å²) in [4.78, 5) is 13.7. The standard InChI is InChI=1S/C13H16BrNO/c1-9-3-4-11(7-12(9)14)15-6-5-13(16)10(2)8-15/h3-4,7,10H,5-6,8H2,1-2H3. The highest BCUT2D eigenvalue weighted by Crippen LogP contribution is 2.26. The molecule has 1 fully saturated rings. The van der Waals surface area contributed by atoms with Crippen LogP contribution >= 0.6 is 15.9 Å². The molecule has 0 radical (unpaired) electrons. The third-order valence-electron chi connectivity index (χ3n) is 3.19. The lowest BCUT2D eigenvalue weighted by molar-refractivity contribution is -0.122. The van der Waals surface area contributed by atoms with Crippen LogP contribution in [0.4, 0.5) is 5.69 Å². The van der Waals surface area contributed by atoms with E-state index in [0.717, 1.165) is 17.6 Å². The van der Waals surface area contributed by atoms with E-state index in [4.69, 9.17) is 0 Å². The molecule has 1 aliphatic rings. The third-order valence-corrected chi connectivity index (χ3v) is 4.05. The van der Waals surface area contributed by atoms with Gasteiger partial charge in [0.25, 0.3) is 0 Å². The molecule has 1 aromatic rings. The number of carbonyl (C=O) groups is 1. The Kier molecular flexibility index (Phi) is 3.33. The summed E-state index contributed by atoms with van der Waals surface area (Å²) in [6.07, 6.45) is 0.673. The second-order valence-corrected chi connectivity index (χ2v) is 5.35. The van der Waals surface area contributed by atoms with E-state index >= 15 is 0 Å². The molecule has 16 heavy (non-hydrogen) atoms. The van der Waals surface area contributed by atoms with E-state index in [-0.39, 0.29) is 5.92 Å². The molecule has 0 spiro atoms. The second-order valence-electron chi connectivity index (χ2n) is 4.50. The van der Waals surface area contributed by atoms with Gasteiger partial charge in [-0.05, 0) is 24.6 Å². The molecule has 1 unspecified atom stereocenters. The minimum absolute atomic E-state index is 0.161. The van der Waals surface area contributed by atoms with Crippen LogP contribution in [0, 0.1) is 12.8 Å². The average molecular weight is 282 g/mol. The van der Waals surface area contributed by atoms with Gasteiger partial charge in [-0.2, -0.15) is 0 Å². The summed E-state index contributed by atoms with van der Waals surface area (Å²) in [7, 11) is 0. The summed E-state index contributed by atoms with van der Waals surface area (Å²) in [6, 6.07) is 6.38. The van der Waals surface area contributed by atoms with E-state index in [1.54, 1.807) is 0 Å². The number of halogens is 1. The van der Waals surface area contributed by atoms with Gasteiger partial charge in [-0.15, -0.1) is 0 Å². The Bertz CT molecular complexity index is 416. The van der Waals surface area contributed by atoms with Crippen LogP contribution in [0.25, 0.3) is 0 Å². The van der Waals surface area contributed by atoms with Crippen molar-refractivity contribution in [2.75, 3.05) is 18.0 Å². The summed E-state index contributed by atoms with van der Waals surface area (Å²) in [5, 5.41) is 0. The van der Waals surface area contributed by atoms with Gasteiger partial charge in [0.1, 0.15) is 5.78 Å². The molecule has 1 aromatic carbocycles. The maximum absolute atomic E-state index is 11.5. The maximum atomic E-state index is 11.5. The van der Waals surface area contributed by atoms with E-state index in [2.05, 4.69) is 46.0 Å². The number of carbonyl (C=O) groups excluding carboxylic acids is 1. The first kappa shape index (κ1) is 11.6. The van der Waals surface area contributed by atoms with Crippen molar-refractivity contribution in [2.24, 2.45) is 5.92 Å². The first-order chi connectivity index (χ1) is 7.58. The number of nitrogens with zero attached hydrogens (tertiary/aromatic N) is 1. The summed E-state index contributed by atoms with van der Waals surface area (Å²) in [5.41, 5.74) is 2.45. The quantitative estimate of drug-likeness (QED) is 0.788. The zero-order valence-electron chi connectivity index (χ0n) is 9.66. The molecular weight excluding hydrogens is 266 g/mol. The van der Waals surface area contributed by atoms with Gasteiger partial charge in [0.2, 0.25) is 0 Å². The molecule has 3 heteroatoms. The monoisotopic (exact) mass is 281 g/mol. The highest BCUT2D eigenvalue weighted by molar-refractivity contribution is 9.10. The fraction of sp³-hybridized carbons (Fsp3) is 0.462. The molecular formula is C13H16BrNO. The minimum Gasteiger partial charge on any atom is -0.370 e. The van der Waals surface area contributed by atoms with Crippen LogP contribution in [0.3, 0.4) is 0 Å². The number of Topliss-reactive ketones (excluding diaryl/α,β-unsaturated/α-hetero) is 1. The molecule has 0 aliphatic carbocycles. The molecule has 2 rings (SSSR count). The fourth-order valence-electron chi connectivity index (χ4n) is 2.03. The van der Waals surface area contributed by atoms with E-state index < -0.39 is 0 Å². The Morgan fingerprint density at radius 3 is 2.81 bits per heavy atom. The molecule has 0 bridgehead atoms. The molecule has 86 valence electrons. The van der Waals surface area contributed by atoms with Crippen LogP contribution in [0.1, 0.15) is 18.9 Å². The van der Waals surface area contributed by atoms with Crippen molar-refractivity contribution in [3.05, 3.63) is 28.2 Å². The van der Waals surface area contributed by atoms with Crippen molar-refractivity contribution < 1.29 is 4.79 Å². The highest BCUT2D eigenvalue weighted by atomic mass is 79.9. The van der Waals surface area contributed by atoms with Gasteiger partial charge < -0.3 is 4.90 Å². The first-order valence-corrected chi connectivity index (χ1v) is 6.41. The van der Waals surface area contributed by atoms with Crippen LogP contribution < -0.4 is 4.90 Å². The number of anilines is 1. The number of piperidine rings is 1. The fourth-order valence-corrected chi connectivity index (χ4v) is 2.39. The summed E-state index contributed by atoms with van der Waals surface area (Å²) >= 11 is 3.55. The van der Waals surface area contributed by atoms with Crippen LogP contribution in [0.15, 0.2) is 22.7 Å². The van der Waals surface area contributed by atoms with Crippen LogP contribution in [-0.2, 0) is 4.79 Å². The molecule has 0 aromatic heterocycles. The lowest BCUT2D eigenvalue weighted by atomic mass is 9.98. The average Bonchev–Trinajstić information content (AvgIpc) is 2.26. The van der Waals surface area contributed by atoms with E-state index in [1.165, 1.54) is 11.3 Å². The number of benzene rings is 1. The number of rotatable bonds is 1. The SMILES string of the molecule is Cc1ccc(N2CCC(=O)C(C)C2)cc1Br. The zero-order chi connectivity index (χ0) is 11.7. The van der Waals surface area contributed by atoms with Crippen molar-refractivity contribution in [3.63, 3.8) is 0 Å². The van der Waals surface area contributed by atoms with Crippen molar-refractivity contribution in [1.29, 1.82) is 0 Å². The van der Waals surface area contributed by atoms with Gasteiger partial charge in [-0.25, -0.2) is 0 Å². The van der Waals surface area contributed by atoms with Gasteiger partial charge in [0.05, 0.1) is 0 Å². The molecule has 0 amide bonds. The maximum Gasteiger partial charge on any atom is 0.139 e. The summed E-state index contributed by atoms with van der Waals surface area (Å²) in [6.45, 7) is 5.78. The van der Waals surface area contributed by atoms with Crippen molar-refractivity contribution in [2.45, 2.75) is 20.3 Å². The van der Waals surface area contributed by atoms with Crippen molar-refractivity contribution in [3.8, 4) is 0 Å². The molecule has 0 saturated carbocycles. The van der Waals surface area contributed by atoms with Crippen LogP contribution in [-0.4, -0.2) is 18.9 Å². The molecule has 1 heterocycles. The lowest BCUT2D eigenvalue weighted by Crippen LogP contribution is -2.39. The second kappa shape index (κ2) is 4.58. The summed E-state index contributed by atoms with van der Waals surface area (Å²) in [5.74, 6) is 0.552. The van der Waals surface area contributed by atoms with Gasteiger partial charge in [-0.3, -0.25) is 4.79 Å². The predicted molar refractivity (Wildman–Crippen MR) is 69.9 cm³/mol. The molecule has 1 saturated heterocycles. The minimum atomic E-state index is 0.161. The normalized spacial score (nSPS) is 21.3. The Balaban J connectivity index is 2.18. The van der Waals surface area contributed by atoms with Gasteiger partial charge in [0, 0.05) is 35.6 Å². The number of hydrogen-bond donors (Lipinski definition) is 0. The van der Waals surface area contributed by atoms with Gasteiger partial charge in [-0.1, -0.05) is 28.9 Å². The van der Waals surface area contributed by atoms with Crippen molar-refractivity contribution >= 4 is 27.4 Å². The molecule has 1 atom stereocenters. The Hall–Kier alpha value is -0.830. The third kappa shape index (κ3) is 2.29. The van der Waals surface area contributed by atoms with E-state index in [9.17, 15) is 4.79 Å². The summed E-state index contributed by atoms with van der Waals surface area (Å²) < 4.78 is 1.13. The molecule has 2 nitrogen and oxygen atoms in total. The van der Waals surface area contributed by atoms with Crippen LogP contribution in [0.2, 0.25) is 0 Å². The van der Waals surface area contributed by atoms with Gasteiger partial charge in [0.15, 0.2) is 0 Å². The van der Waals surface area contributed by atoms with Gasteiger partial charge >= 0.3 is 0 Å². The molecule has 1 aliphatic heterocycles. The Morgan fingerprint density at radius 2 is 2.19 bits per heavy atom. The topological polar surface area (TPSA) is 20.3 Å². The molecule has 0 N–H and O–H groups in total. The lowest BCUT2D eigenvalue weighted by Gasteiger charge is -2.32. The number of ketones is 1. The largest absolute Gasteiger partial charge is 0.370 e. The predicted octanol–water partition coefficient (Wildman–Crippen LogP) is 3.17. The highest BCUT2D eigenvalue weighted by Gasteiger charge is 2.23.